The number of β-lactam (4-membered cyclic amide) rings is 1. The first kappa shape index (κ1) is 24.3. The second kappa shape index (κ2) is 10.3. The average Bonchev–Trinajstić information content (AvgIpc) is 3.64. The van der Waals surface area contributed by atoms with Crippen LogP contribution in [0.15, 0.2) is 45.2 Å². The highest BCUT2D eigenvalue weighted by atomic mass is 32.2. The zero-order valence-electron chi connectivity index (χ0n) is 18.5. The van der Waals surface area contributed by atoms with Crippen molar-refractivity contribution in [3.63, 3.8) is 0 Å². The summed E-state index contributed by atoms with van der Waals surface area (Å²) in [6.45, 7) is 0. The first-order chi connectivity index (χ1) is 17.4. The van der Waals surface area contributed by atoms with Crippen LogP contribution in [0.3, 0.4) is 0 Å². The summed E-state index contributed by atoms with van der Waals surface area (Å²) in [6, 6.07) is -0.921. The van der Waals surface area contributed by atoms with Gasteiger partial charge in [0.2, 0.25) is 0 Å². The smallest absolute Gasteiger partial charge is 0.352 e. The second-order valence-electron chi connectivity index (χ2n) is 7.89. The van der Waals surface area contributed by atoms with E-state index in [0.29, 0.717) is 22.1 Å². The van der Waals surface area contributed by atoms with Gasteiger partial charge >= 0.3 is 5.97 Å². The lowest BCUT2D eigenvalue weighted by Gasteiger charge is -2.49. The van der Waals surface area contributed by atoms with E-state index in [1.807, 2.05) is 12.2 Å². The van der Waals surface area contributed by atoms with E-state index in [-0.39, 0.29) is 28.3 Å². The molecular formula is C20H20N8O5S3. The van der Waals surface area contributed by atoms with Crippen LogP contribution in [-0.2, 0) is 19.2 Å². The zero-order valence-corrected chi connectivity index (χ0v) is 20.9. The first-order valence-electron chi connectivity index (χ1n) is 10.7. The summed E-state index contributed by atoms with van der Waals surface area (Å²) in [7, 11) is 0. The number of nitrogens with two attached hydrogens (primary N) is 1. The van der Waals surface area contributed by atoms with E-state index >= 15 is 0 Å². The quantitative estimate of drug-likeness (QED) is 0.114. The molecule has 13 nitrogen and oxygen atoms in total. The minimum absolute atomic E-state index is 0.0632. The van der Waals surface area contributed by atoms with Crippen molar-refractivity contribution in [2.24, 2.45) is 5.16 Å². The summed E-state index contributed by atoms with van der Waals surface area (Å²) in [4.78, 5) is 49.1. The highest BCUT2D eigenvalue weighted by molar-refractivity contribution is 8.01. The molecule has 36 heavy (non-hydrogen) atoms. The van der Waals surface area contributed by atoms with Crippen molar-refractivity contribution < 1.29 is 24.3 Å². The minimum Gasteiger partial charge on any atom is -0.477 e. The number of hydrogen-bond donors (Lipinski definition) is 4. The highest BCUT2D eigenvalue weighted by Gasteiger charge is 2.54. The van der Waals surface area contributed by atoms with Gasteiger partial charge in [-0.3, -0.25) is 19.6 Å². The lowest BCUT2D eigenvalue weighted by Crippen LogP contribution is -2.71. The normalized spacial score (nSPS) is 23.4. The van der Waals surface area contributed by atoms with Gasteiger partial charge in [-0.25, -0.2) is 9.78 Å². The van der Waals surface area contributed by atoms with Crippen molar-refractivity contribution in [2.75, 3.05) is 17.2 Å². The maximum atomic E-state index is 13.2. The largest absolute Gasteiger partial charge is 0.477 e. The number of nitrogen functional groups attached to an aromatic ring is 1. The van der Waals surface area contributed by atoms with Gasteiger partial charge in [0.25, 0.3) is 11.8 Å². The Hall–Kier alpha value is -3.37. The standard InChI is InChI=1S/C20H20N8O5S3/c21-20-23-11(8-36-20)13(26-33-10-3-1-2-4-10)16(29)24-14-17(30)28-15(19(31)32)9(7-35-18(14)28)6-34-12-5-22-27-25-12/h1,3,5,8,10,14,18H,2,4,6-7H2,(H2,21,23)(H,24,29)(H,31,32)(H,22,25,27)/b26-13-/t10?,14?,18-/m1/s1. The summed E-state index contributed by atoms with van der Waals surface area (Å²) in [5, 5.41) is 28.5. The van der Waals surface area contributed by atoms with E-state index in [2.05, 4.69) is 30.9 Å². The number of carbonyl (C=O) groups excluding carboxylic acids is 2. The Morgan fingerprint density at radius 3 is 2.97 bits per heavy atom. The van der Waals surface area contributed by atoms with Gasteiger partial charge in [0.05, 0.1) is 6.20 Å². The molecule has 0 radical (unpaired) electrons. The van der Waals surface area contributed by atoms with Crippen LogP contribution in [0.2, 0.25) is 0 Å². The van der Waals surface area contributed by atoms with Crippen molar-refractivity contribution in [1.82, 2.24) is 30.6 Å². The van der Waals surface area contributed by atoms with Crippen molar-refractivity contribution in [2.45, 2.75) is 35.4 Å². The number of carbonyl (C=O) groups is 3. The van der Waals surface area contributed by atoms with Gasteiger partial charge in [0.1, 0.15) is 33.9 Å². The molecule has 2 amide bonds. The molecule has 1 aliphatic carbocycles. The van der Waals surface area contributed by atoms with E-state index in [1.54, 1.807) is 5.38 Å². The average molecular weight is 549 g/mol. The number of aromatic nitrogens is 4. The van der Waals surface area contributed by atoms with Crippen LogP contribution in [0.4, 0.5) is 5.13 Å². The number of carboxylic acid groups (broad SMARTS) is 1. The van der Waals surface area contributed by atoms with Crippen LogP contribution in [0.1, 0.15) is 18.5 Å². The Labute approximate surface area is 216 Å². The van der Waals surface area contributed by atoms with Crippen LogP contribution >= 0.6 is 34.9 Å². The Balaban J connectivity index is 1.31. The number of thioether (sulfide) groups is 2. The fourth-order valence-electron chi connectivity index (χ4n) is 3.84. The van der Waals surface area contributed by atoms with Crippen molar-refractivity contribution >= 4 is 63.5 Å². The molecule has 2 aromatic rings. The third-order valence-electron chi connectivity index (χ3n) is 5.56. The molecule has 5 rings (SSSR count). The van der Waals surface area contributed by atoms with Gasteiger partial charge in [-0.1, -0.05) is 16.4 Å². The summed E-state index contributed by atoms with van der Waals surface area (Å²) >= 11 is 3.87. The Morgan fingerprint density at radius 1 is 1.44 bits per heavy atom. The van der Waals surface area contributed by atoms with Crippen molar-refractivity contribution in [3.05, 3.63) is 40.7 Å². The molecule has 5 N–H and O–H groups in total. The Bertz CT molecular complexity index is 1270. The molecule has 2 aliphatic heterocycles. The predicted octanol–water partition coefficient (Wildman–Crippen LogP) is 0.814. The number of carboxylic acids is 1. The van der Waals surface area contributed by atoms with E-state index in [9.17, 15) is 19.5 Å². The predicted molar refractivity (Wildman–Crippen MR) is 133 cm³/mol. The molecule has 4 heterocycles. The number of nitrogens with zero attached hydrogens (tertiary/aromatic N) is 5. The molecule has 1 fully saturated rings. The maximum absolute atomic E-state index is 13.2. The molecule has 0 bridgehead atoms. The number of H-pyrrole nitrogens is 1. The third-order valence-corrected chi connectivity index (χ3v) is 8.57. The number of allylic oxidation sites excluding steroid dienone is 1. The molecule has 0 saturated carbocycles. The van der Waals surface area contributed by atoms with Crippen LogP contribution < -0.4 is 11.1 Å². The summed E-state index contributed by atoms with van der Waals surface area (Å²) in [6.07, 6.45) is 6.71. The number of aromatic amines is 1. The van der Waals surface area contributed by atoms with Crippen LogP contribution in [0, 0.1) is 0 Å². The number of rotatable bonds is 9. The molecule has 1 saturated heterocycles. The van der Waals surface area contributed by atoms with Gasteiger partial charge in [-0.05, 0) is 24.5 Å². The molecule has 3 aliphatic rings. The van der Waals surface area contributed by atoms with Crippen LogP contribution in [0.25, 0.3) is 0 Å². The lowest BCUT2D eigenvalue weighted by molar-refractivity contribution is -0.150. The lowest BCUT2D eigenvalue weighted by atomic mass is 10.0. The number of amides is 2. The number of oxime groups is 1. The number of thiazole rings is 1. The first-order valence-corrected chi connectivity index (χ1v) is 13.7. The number of hydrogen-bond acceptors (Lipinski definition) is 12. The van der Waals surface area contributed by atoms with Gasteiger partial charge in [0.15, 0.2) is 10.8 Å². The molecule has 3 atom stereocenters. The Kier molecular flexibility index (Phi) is 6.97. The van der Waals surface area contributed by atoms with Gasteiger partial charge in [-0.15, -0.1) is 40.0 Å². The molecule has 0 aromatic carbocycles. The van der Waals surface area contributed by atoms with Crippen molar-refractivity contribution in [1.29, 1.82) is 0 Å². The maximum Gasteiger partial charge on any atom is 0.352 e. The second-order valence-corrected chi connectivity index (χ2v) is 10.9. The van der Waals surface area contributed by atoms with Crippen molar-refractivity contribution in [3.8, 4) is 0 Å². The number of aliphatic carboxylic acids is 1. The fraction of sp³-hybridized carbons (Fsp3) is 0.350. The fourth-order valence-corrected chi connectivity index (χ4v) is 6.66. The summed E-state index contributed by atoms with van der Waals surface area (Å²) in [5.74, 6) is -1.64. The topological polar surface area (TPSA) is 189 Å². The SMILES string of the molecule is Nc1nc(/C(=N/OC2C=CCC2)C(=O)NC2C(=O)N3C(C(=O)O)=C(CSc4cnn[nH]4)CS[C@H]23)cs1. The third kappa shape index (κ3) is 4.83. The summed E-state index contributed by atoms with van der Waals surface area (Å²) in [5.41, 5.74) is 6.39. The minimum atomic E-state index is -1.20. The van der Waals surface area contributed by atoms with E-state index < -0.39 is 29.2 Å². The Morgan fingerprint density at radius 2 is 2.31 bits per heavy atom. The number of nitrogens with one attached hydrogen (secondary N) is 2. The van der Waals surface area contributed by atoms with E-state index in [4.69, 9.17) is 10.6 Å². The van der Waals surface area contributed by atoms with Crippen LogP contribution in [0.5, 0.6) is 0 Å². The molecule has 0 spiro atoms. The van der Waals surface area contributed by atoms with E-state index in [0.717, 1.165) is 24.2 Å². The molecule has 2 unspecified atom stereocenters. The van der Waals surface area contributed by atoms with Gasteiger partial charge in [-0.2, -0.15) is 0 Å². The van der Waals surface area contributed by atoms with Crippen LogP contribution in [-0.4, -0.2) is 82.9 Å². The molecule has 188 valence electrons. The molecule has 16 heteroatoms. The summed E-state index contributed by atoms with van der Waals surface area (Å²) < 4.78 is 0. The van der Waals surface area contributed by atoms with Gasteiger partial charge < -0.3 is 21.0 Å². The monoisotopic (exact) mass is 548 g/mol. The van der Waals surface area contributed by atoms with Gasteiger partial charge in [0, 0.05) is 16.9 Å². The molecular weight excluding hydrogens is 528 g/mol. The molecule has 2 aromatic heterocycles. The highest BCUT2D eigenvalue weighted by Crippen LogP contribution is 2.41. The number of fused-ring (bicyclic) bond motifs is 1. The number of anilines is 1. The van der Waals surface area contributed by atoms with E-state index in [1.165, 1.54) is 34.6 Å². The zero-order chi connectivity index (χ0) is 25.2.